The predicted octanol–water partition coefficient (Wildman–Crippen LogP) is 3.21. The topological polar surface area (TPSA) is 55.3 Å². The molecule has 0 saturated carbocycles. The molecule has 0 fully saturated rings. The molecule has 3 rings (SSSR count). The molecule has 1 aromatic heterocycles. The van der Waals surface area contributed by atoms with Crippen LogP contribution < -0.4 is 9.30 Å². The van der Waals surface area contributed by atoms with E-state index in [1.165, 1.54) is 23.6 Å². The number of Topliss-reactive ketones (excluding diaryl/α,β-unsaturated/α-hetero) is 1. The van der Waals surface area contributed by atoms with Crippen LogP contribution in [-0.2, 0) is 13.1 Å². The van der Waals surface area contributed by atoms with Gasteiger partial charge in [-0.05, 0) is 75.2 Å². The van der Waals surface area contributed by atoms with Gasteiger partial charge in [0.2, 0.25) is 6.33 Å². The Morgan fingerprint density at radius 2 is 1.85 bits per heavy atom. The number of ether oxygens (including phenoxy) is 1. The molecule has 0 spiro atoms. The Bertz CT molecular complexity index is 958. The highest BCUT2D eigenvalue weighted by Gasteiger charge is 2.19. The molecule has 0 amide bonds. The number of aliphatic hydroxyl groups is 1. The zero-order valence-electron chi connectivity index (χ0n) is 16.4. The molecule has 142 valence electrons. The number of rotatable bonds is 7. The molecule has 2 aromatic carbocycles. The SMILES string of the molecule is CCn1c[n+](C[C@@H](O)COc2ccc(C(C)=O)cc2)c2cc(C)c(C)cc21. The van der Waals surface area contributed by atoms with Gasteiger partial charge >= 0.3 is 0 Å². The van der Waals surface area contributed by atoms with Crippen molar-refractivity contribution in [2.75, 3.05) is 6.61 Å². The molecule has 0 unspecified atom stereocenters. The number of benzene rings is 2. The van der Waals surface area contributed by atoms with Crippen molar-refractivity contribution >= 4 is 16.8 Å². The van der Waals surface area contributed by atoms with Gasteiger partial charge in [0.1, 0.15) is 25.0 Å². The van der Waals surface area contributed by atoms with Crippen LogP contribution >= 0.6 is 0 Å². The minimum Gasteiger partial charge on any atom is -0.491 e. The molecule has 0 radical (unpaired) electrons. The summed E-state index contributed by atoms with van der Waals surface area (Å²) in [5.74, 6) is 0.669. The van der Waals surface area contributed by atoms with Gasteiger partial charge in [0, 0.05) is 5.56 Å². The third-order valence-electron chi connectivity index (χ3n) is 4.94. The summed E-state index contributed by atoms with van der Waals surface area (Å²) in [5, 5.41) is 10.5. The first-order valence-electron chi connectivity index (χ1n) is 9.30. The van der Waals surface area contributed by atoms with Crippen molar-refractivity contribution in [2.24, 2.45) is 0 Å². The molecule has 0 aliphatic rings. The lowest BCUT2D eigenvalue weighted by Crippen LogP contribution is -2.41. The number of hydrogen-bond donors (Lipinski definition) is 1. The van der Waals surface area contributed by atoms with E-state index >= 15 is 0 Å². The lowest BCUT2D eigenvalue weighted by Gasteiger charge is -2.11. The van der Waals surface area contributed by atoms with Crippen molar-refractivity contribution in [1.29, 1.82) is 0 Å². The maximum absolute atomic E-state index is 11.3. The van der Waals surface area contributed by atoms with E-state index in [9.17, 15) is 9.90 Å². The van der Waals surface area contributed by atoms with Gasteiger partial charge < -0.3 is 9.84 Å². The van der Waals surface area contributed by atoms with E-state index in [1.807, 2.05) is 0 Å². The van der Waals surface area contributed by atoms with Crippen molar-refractivity contribution in [3.8, 4) is 5.75 Å². The molecule has 1 atom stereocenters. The summed E-state index contributed by atoms with van der Waals surface area (Å²) < 4.78 is 9.95. The van der Waals surface area contributed by atoms with Crippen molar-refractivity contribution in [3.63, 3.8) is 0 Å². The highest BCUT2D eigenvalue weighted by atomic mass is 16.5. The van der Waals surface area contributed by atoms with Crippen LogP contribution in [0.15, 0.2) is 42.7 Å². The molecule has 1 heterocycles. The Morgan fingerprint density at radius 1 is 1.19 bits per heavy atom. The van der Waals surface area contributed by atoms with Crippen LogP contribution in [0.1, 0.15) is 35.3 Å². The van der Waals surface area contributed by atoms with Gasteiger partial charge in [0.25, 0.3) is 0 Å². The fourth-order valence-corrected chi connectivity index (χ4v) is 3.19. The van der Waals surface area contributed by atoms with Crippen LogP contribution in [0.4, 0.5) is 0 Å². The van der Waals surface area contributed by atoms with Gasteiger partial charge in [-0.2, -0.15) is 0 Å². The van der Waals surface area contributed by atoms with E-state index in [0.29, 0.717) is 17.9 Å². The highest BCUT2D eigenvalue weighted by Crippen LogP contribution is 2.18. The van der Waals surface area contributed by atoms with Crippen molar-refractivity contribution in [2.45, 2.75) is 46.9 Å². The number of aromatic nitrogens is 2. The molecule has 0 aliphatic carbocycles. The van der Waals surface area contributed by atoms with Gasteiger partial charge in [-0.25, -0.2) is 9.13 Å². The van der Waals surface area contributed by atoms with Crippen LogP contribution in [0, 0.1) is 13.8 Å². The first kappa shape index (κ1) is 19.1. The minimum atomic E-state index is -0.639. The number of aliphatic hydroxyl groups excluding tert-OH is 1. The summed E-state index contributed by atoms with van der Waals surface area (Å²) in [6.07, 6.45) is 1.41. The summed E-state index contributed by atoms with van der Waals surface area (Å²) in [6, 6.07) is 11.4. The second kappa shape index (κ2) is 7.92. The zero-order chi connectivity index (χ0) is 19.6. The van der Waals surface area contributed by atoms with E-state index in [2.05, 4.69) is 48.4 Å². The maximum atomic E-state index is 11.3. The molecule has 5 heteroatoms. The highest BCUT2D eigenvalue weighted by molar-refractivity contribution is 5.94. The smallest absolute Gasteiger partial charge is 0.244 e. The van der Waals surface area contributed by atoms with Gasteiger partial charge in [0.15, 0.2) is 16.8 Å². The average molecular weight is 367 g/mol. The van der Waals surface area contributed by atoms with Crippen molar-refractivity contribution < 1.29 is 19.2 Å². The Balaban J connectivity index is 1.71. The lowest BCUT2D eigenvalue weighted by atomic mass is 10.1. The first-order chi connectivity index (χ1) is 12.9. The summed E-state index contributed by atoms with van der Waals surface area (Å²) in [6.45, 7) is 9.39. The number of aryl methyl sites for hydroxylation is 3. The van der Waals surface area contributed by atoms with Gasteiger partial charge in [-0.3, -0.25) is 4.79 Å². The number of carbonyl (C=O) groups is 1. The fourth-order valence-electron chi connectivity index (χ4n) is 3.19. The number of nitrogens with zero attached hydrogens (tertiary/aromatic N) is 2. The molecule has 0 saturated heterocycles. The third-order valence-corrected chi connectivity index (χ3v) is 4.94. The Kier molecular flexibility index (Phi) is 5.61. The molecular formula is C22H27N2O3+. The monoisotopic (exact) mass is 367 g/mol. The third kappa shape index (κ3) is 4.19. The van der Waals surface area contributed by atoms with Crippen LogP contribution in [0.3, 0.4) is 0 Å². The molecule has 0 bridgehead atoms. The van der Waals surface area contributed by atoms with Crippen molar-refractivity contribution in [1.82, 2.24) is 4.57 Å². The summed E-state index contributed by atoms with van der Waals surface area (Å²) in [7, 11) is 0. The summed E-state index contributed by atoms with van der Waals surface area (Å²) in [4.78, 5) is 11.3. The minimum absolute atomic E-state index is 0.0239. The predicted molar refractivity (Wildman–Crippen MR) is 105 cm³/mol. The Hall–Kier alpha value is -2.66. The summed E-state index contributed by atoms with van der Waals surface area (Å²) >= 11 is 0. The molecule has 3 aromatic rings. The van der Waals surface area contributed by atoms with Crippen LogP contribution in [0.25, 0.3) is 11.0 Å². The number of ketones is 1. The largest absolute Gasteiger partial charge is 0.491 e. The standard InChI is InChI=1S/C22H27N2O3/c1-5-23-14-24(22-11-16(3)15(2)10-21(22)23)12-19(26)13-27-20-8-6-18(7-9-20)17(4)25/h6-11,14,19,26H,5,12-13H2,1-4H3/q+1/t19-/m1/s1. The van der Waals surface area contributed by atoms with Crippen molar-refractivity contribution in [3.05, 3.63) is 59.4 Å². The fraction of sp³-hybridized carbons (Fsp3) is 0.364. The molecular weight excluding hydrogens is 340 g/mol. The first-order valence-corrected chi connectivity index (χ1v) is 9.30. The quantitative estimate of drug-likeness (QED) is 0.515. The zero-order valence-corrected chi connectivity index (χ0v) is 16.4. The number of imidazole rings is 1. The van der Waals surface area contributed by atoms with E-state index in [4.69, 9.17) is 4.74 Å². The van der Waals surface area contributed by atoms with E-state index in [-0.39, 0.29) is 12.4 Å². The second-order valence-corrected chi connectivity index (χ2v) is 7.02. The van der Waals surface area contributed by atoms with Gasteiger partial charge in [0.05, 0.1) is 6.54 Å². The normalized spacial score (nSPS) is 12.3. The van der Waals surface area contributed by atoms with E-state index in [1.54, 1.807) is 24.3 Å². The van der Waals surface area contributed by atoms with Crippen LogP contribution in [-0.4, -0.2) is 28.2 Å². The van der Waals surface area contributed by atoms with Gasteiger partial charge in [-0.1, -0.05) is 0 Å². The van der Waals surface area contributed by atoms with Gasteiger partial charge in [-0.15, -0.1) is 0 Å². The van der Waals surface area contributed by atoms with E-state index < -0.39 is 6.10 Å². The second-order valence-electron chi connectivity index (χ2n) is 7.02. The molecule has 1 N–H and O–H groups in total. The van der Waals surface area contributed by atoms with Crippen LogP contribution in [0.5, 0.6) is 5.75 Å². The average Bonchev–Trinajstić information content (AvgIpc) is 2.97. The summed E-state index contributed by atoms with van der Waals surface area (Å²) in [5.41, 5.74) is 5.44. The van der Waals surface area contributed by atoms with Crippen LogP contribution in [0.2, 0.25) is 0 Å². The Labute approximate surface area is 159 Å². The number of hydrogen-bond acceptors (Lipinski definition) is 3. The molecule has 0 aliphatic heterocycles. The molecule has 5 nitrogen and oxygen atoms in total. The Morgan fingerprint density at radius 3 is 2.48 bits per heavy atom. The van der Waals surface area contributed by atoms with E-state index in [0.717, 1.165) is 12.1 Å². The molecule has 27 heavy (non-hydrogen) atoms. The lowest BCUT2D eigenvalue weighted by molar-refractivity contribution is -0.679. The number of fused-ring (bicyclic) bond motifs is 1. The number of carbonyl (C=O) groups excluding carboxylic acids is 1. The maximum Gasteiger partial charge on any atom is 0.244 e.